The van der Waals surface area contributed by atoms with E-state index in [1.807, 2.05) is 18.9 Å². The molecule has 0 saturated heterocycles. The van der Waals surface area contributed by atoms with Gasteiger partial charge in [0.1, 0.15) is 5.75 Å². The summed E-state index contributed by atoms with van der Waals surface area (Å²) in [4.78, 5) is 13.7. The lowest BCUT2D eigenvalue weighted by Crippen LogP contribution is -2.41. The molecule has 0 aromatic heterocycles. The number of ether oxygens (including phenoxy) is 1. The van der Waals surface area contributed by atoms with Gasteiger partial charge in [0.15, 0.2) is 0 Å². The van der Waals surface area contributed by atoms with Crippen LogP contribution in [-0.4, -0.2) is 37.1 Å². The topological polar surface area (TPSA) is 41.6 Å². The molecule has 124 valence electrons. The van der Waals surface area contributed by atoms with E-state index in [9.17, 15) is 13.6 Å². The molecule has 1 N–H and O–H groups in total. The van der Waals surface area contributed by atoms with Crippen molar-refractivity contribution in [3.05, 3.63) is 29.8 Å². The average molecular weight is 314 g/mol. The molecule has 0 fully saturated rings. The normalized spacial score (nSPS) is 12.8. The number of carbonyl (C=O) groups is 1. The molecular formula is C16H24F2N2O2. The standard InChI is InChI=1S/C16H24F2N2O2/c1-11(2)12(3)19-15(21)10-20(4)9-13-5-7-14(8-6-13)22-16(17)18/h5-8,11-12,16H,9-10H2,1-4H3,(H,19,21). The number of amides is 1. The molecule has 1 atom stereocenters. The minimum Gasteiger partial charge on any atom is -0.435 e. The van der Waals surface area contributed by atoms with Crippen LogP contribution in [0, 0.1) is 5.92 Å². The number of hydrogen-bond acceptors (Lipinski definition) is 3. The van der Waals surface area contributed by atoms with Crippen molar-refractivity contribution >= 4 is 5.91 Å². The monoisotopic (exact) mass is 314 g/mol. The highest BCUT2D eigenvalue weighted by Gasteiger charge is 2.13. The number of halogens is 2. The Balaban J connectivity index is 2.44. The Labute approximate surface area is 130 Å². The maximum atomic E-state index is 12.1. The first-order valence-corrected chi connectivity index (χ1v) is 7.29. The number of likely N-dealkylation sites (N-methyl/N-ethyl adjacent to an activating group) is 1. The quantitative estimate of drug-likeness (QED) is 0.802. The lowest BCUT2D eigenvalue weighted by Gasteiger charge is -2.21. The summed E-state index contributed by atoms with van der Waals surface area (Å²) in [6, 6.07) is 6.55. The van der Waals surface area contributed by atoms with Crippen molar-refractivity contribution in [1.82, 2.24) is 10.2 Å². The SMILES string of the molecule is CC(C)C(C)NC(=O)CN(C)Cc1ccc(OC(F)F)cc1. The van der Waals surface area contributed by atoms with E-state index in [1.54, 1.807) is 12.1 Å². The van der Waals surface area contributed by atoms with E-state index in [-0.39, 0.29) is 24.2 Å². The fourth-order valence-electron chi connectivity index (χ4n) is 1.86. The maximum absolute atomic E-state index is 12.1. The Morgan fingerprint density at radius 2 is 1.82 bits per heavy atom. The van der Waals surface area contributed by atoms with Crippen LogP contribution in [0.3, 0.4) is 0 Å². The van der Waals surface area contributed by atoms with Gasteiger partial charge in [0, 0.05) is 12.6 Å². The van der Waals surface area contributed by atoms with Gasteiger partial charge in [-0.05, 0) is 37.6 Å². The van der Waals surface area contributed by atoms with E-state index >= 15 is 0 Å². The molecule has 1 aromatic carbocycles. The first kappa shape index (κ1) is 18.4. The van der Waals surface area contributed by atoms with Crippen molar-refractivity contribution in [1.29, 1.82) is 0 Å². The van der Waals surface area contributed by atoms with Gasteiger partial charge in [0.05, 0.1) is 6.54 Å². The Morgan fingerprint density at radius 1 is 1.23 bits per heavy atom. The summed E-state index contributed by atoms with van der Waals surface area (Å²) < 4.78 is 28.4. The Hall–Kier alpha value is -1.69. The number of nitrogens with zero attached hydrogens (tertiary/aromatic N) is 1. The van der Waals surface area contributed by atoms with Crippen molar-refractivity contribution < 1.29 is 18.3 Å². The van der Waals surface area contributed by atoms with Crippen LogP contribution >= 0.6 is 0 Å². The zero-order valence-electron chi connectivity index (χ0n) is 13.5. The van der Waals surface area contributed by atoms with Crippen LogP contribution in [0.2, 0.25) is 0 Å². The third-order valence-corrected chi connectivity index (χ3v) is 3.40. The van der Waals surface area contributed by atoms with Gasteiger partial charge in [-0.15, -0.1) is 0 Å². The molecule has 1 amide bonds. The third-order valence-electron chi connectivity index (χ3n) is 3.40. The number of carbonyl (C=O) groups excluding carboxylic acids is 1. The van der Waals surface area contributed by atoms with Crippen molar-refractivity contribution in [2.75, 3.05) is 13.6 Å². The van der Waals surface area contributed by atoms with Gasteiger partial charge in [0.2, 0.25) is 5.91 Å². The van der Waals surface area contributed by atoms with Crippen LogP contribution in [0.5, 0.6) is 5.75 Å². The van der Waals surface area contributed by atoms with Gasteiger partial charge in [-0.1, -0.05) is 26.0 Å². The molecule has 0 heterocycles. The highest BCUT2D eigenvalue weighted by atomic mass is 19.3. The summed E-state index contributed by atoms with van der Waals surface area (Å²) in [5, 5.41) is 2.94. The number of benzene rings is 1. The molecule has 1 aromatic rings. The van der Waals surface area contributed by atoms with Crippen molar-refractivity contribution in [3.8, 4) is 5.75 Å². The van der Waals surface area contributed by atoms with Gasteiger partial charge in [0.25, 0.3) is 0 Å². The molecule has 0 saturated carbocycles. The van der Waals surface area contributed by atoms with E-state index < -0.39 is 6.61 Å². The van der Waals surface area contributed by atoms with E-state index in [0.717, 1.165) is 5.56 Å². The molecule has 0 bridgehead atoms. The summed E-state index contributed by atoms with van der Waals surface area (Å²) in [5.74, 6) is 0.489. The van der Waals surface area contributed by atoms with E-state index in [1.165, 1.54) is 12.1 Å². The smallest absolute Gasteiger partial charge is 0.387 e. The number of nitrogens with one attached hydrogen (secondary N) is 1. The van der Waals surface area contributed by atoms with Gasteiger partial charge in [-0.3, -0.25) is 9.69 Å². The number of alkyl halides is 2. The van der Waals surface area contributed by atoms with Crippen LogP contribution in [0.15, 0.2) is 24.3 Å². The molecule has 0 aliphatic heterocycles. The highest BCUT2D eigenvalue weighted by molar-refractivity contribution is 5.78. The lowest BCUT2D eigenvalue weighted by molar-refractivity contribution is -0.122. The maximum Gasteiger partial charge on any atom is 0.387 e. The Bertz CT molecular complexity index is 464. The van der Waals surface area contributed by atoms with Crippen LogP contribution in [0.4, 0.5) is 8.78 Å². The minimum atomic E-state index is -2.82. The molecule has 22 heavy (non-hydrogen) atoms. The van der Waals surface area contributed by atoms with Gasteiger partial charge in [-0.25, -0.2) is 0 Å². The Kier molecular flexibility index (Phi) is 7.24. The third kappa shape index (κ3) is 6.85. The second-order valence-electron chi connectivity index (χ2n) is 5.79. The zero-order chi connectivity index (χ0) is 16.7. The molecule has 1 rings (SSSR count). The second-order valence-corrected chi connectivity index (χ2v) is 5.79. The first-order valence-electron chi connectivity index (χ1n) is 7.29. The van der Waals surface area contributed by atoms with Crippen LogP contribution < -0.4 is 10.1 Å². The summed E-state index contributed by atoms with van der Waals surface area (Å²) in [6.07, 6.45) is 0. The van der Waals surface area contributed by atoms with Gasteiger partial charge in [-0.2, -0.15) is 8.78 Å². The highest BCUT2D eigenvalue weighted by Crippen LogP contribution is 2.15. The summed E-state index contributed by atoms with van der Waals surface area (Å²) >= 11 is 0. The predicted molar refractivity (Wildman–Crippen MR) is 81.9 cm³/mol. The average Bonchev–Trinajstić information content (AvgIpc) is 2.39. The molecule has 1 unspecified atom stereocenters. The van der Waals surface area contributed by atoms with E-state index in [2.05, 4.69) is 23.9 Å². The molecule has 0 radical (unpaired) electrons. The predicted octanol–water partition coefficient (Wildman–Crippen LogP) is 2.88. The summed E-state index contributed by atoms with van der Waals surface area (Å²) in [5.41, 5.74) is 0.925. The van der Waals surface area contributed by atoms with Crippen molar-refractivity contribution in [2.24, 2.45) is 5.92 Å². The largest absolute Gasteiger partial charge is 0.435 e. The van der Waals surface area contributed by atoms with Gasteiger partial charge >= 0.3 is 6.61 Å². The van der Waals surface area contributed by atoms with Crippen LogP contribution in [-0.2, 0) is 11.3 Å². The number of hydrogen-bond donors (Lipinski definition) is 1. The molecule has 0 aliphatic rings. The second kappa shape index (κ2) is 8.68. The van der Waals surface area contributed by atoms with Crippen LogP contribution in [0.25, 0.3) is 0 Å². The van der Waals surface area contributed by atoms with Crippen molar-refractivity contribution in [3.63, 3.8) is 0 Å². The summed E-state index contributed by atoms with van der Waals surface area (Å²) in [7, 11) is 1.84. The Morgan fingerprint density at radius 3 is 2.32 bits per heavy atom. The van der Waals surface area contributed by atoms with Crippen molar-refractivity contribution in [2.45, 2.75) is 40.0 Å². The molecule has 0 aliphatic carbocycles. The first-order chi connectivity index (χ1) is 10.3. The van der Waals surface area contributed by atoms with Gasteiger partial charge < -0.3 is 10.1 Å². The fourth-order valence-corrected chi connectivity index (χ4v) is 1.86. The fraction of sp³-hybridized carbons (Fsp3) is 0.562. The van der Waals surface area contributed by atoms with Crippen LogP contribution in [0.1, 0.15) is 26.3 Å². The summed E-state index contributed by atoms with van der Waals surface area (Å²) in [6.45, 7) is 4.10. The molecule has 0 spiro atoms. The lowest BCUT2D eigenvalue weighted by atomic mass is 10.1. The molecule has 4 nitrogen and oxygen atoms in total. The zero-order valence-corrected chi connectivity index (χ0v) is 13.5. The molecular weight excluding hydrogens is 290 g/mol. The minimum absolute atomic E-state index is 0.0265. The van der Waals surface area contributed by atoms with E-state index in [4.69, 9.17) is 0 Å². The number of rotatable bonds is 8. The molecule has 6 heteroatoms. The van der Waals surface area contributed by atoms with E-state index in [0.29, 0.717) is 12.5 Å².